The molecular formula is C22H26IN5O2. The normalized spacial score (nSPS) is 12.4. The first-order valence-electron chi connectivity index (χ1n) is 9.59. The Morgan fingerprint density at radius 2 is 1.77 bits per heavy atom. The number of aryl methyl sites for hydroxylation is 1. The molecule has 0 bridgehead atoms. The highest BCUT2D eigenvalue weighted by atomic mass is 127. The number of benzene rings is 2. The lowest BCUT2D eigenvalue weighted by molar-refractivity contribution is 0.174. The first-order valence-corrected chi connectivity index (χ1v) is 9.59. The highest BCUT2D eigenvalue weighted by Gasteiger charge is 2.14. The largest absolute Gasteiger partial charge is 0.454 e. The molecule has 0 aliphatic carbocycles. The van der Waals surface area contributed by atoms with Gasteiger partial charge in [0.05, 0.1) is 11.4 Å². The number of rotatable bonds is 5. The highest BCUT2D eigenvalue weighted by Crippen LogP contribution is 2.32. The monoisotopic (exact) mass is 519 g/mol. The lowest BCUT2D eigenvalue weighted by Gasteiger charge is -2.13. The summed E-state index contributed by atoms with van der Waals surface area (Å²) in [5.74, 6) is 2.30. The number of hydrogen-bond acceptors (Lipinski definition) is 4. The number of ether oxygens (including phenoxy) is 2. The maximum atomic E-state index is 5.44. The van der Waals surface area contributed by atoms with Crippen LogP contribution in [0.15, 0.2) is 53.5 Å². The zero-order valence-corrected chi connectivity index (χ0v) is 19.6. The van der Waals surface area contributed by atoms with E-state index in [4.69, 9.17) is 14.6 Å². The summed E-state index contributed by atoms with van der Waals surface area (Å²) in [5.41, 5.74) is 5.45. The lowest BCUT2D eigenvalue weighted by Crippen LogP contribution is -2.36. The second-order valence-electron chi connectivity index (χ2n) is 6.86. The number of guanidine groups is 1. The SMILES string of the molecule is CN=C(NCc1ccc2c(c1)OCO2)NCc1c(C)nn(-c2ccccc2)c1C.I. The molecule has 0 fully saturated rings. The highest BCUT2D eigenvalue weighted by molar-refractivity contribution is 14.0. The molecule has 30 heavy (non-hydrogen) atoms. The Hall–Kier alpha value is -2.75. The van der Waals surface area contributed by atoms with Gasteiger partial charge in [0.1, 0.15) is 0 Å². The van der Waals surface area contributed by atoms with E-state index >= 15 is 0 Å². The van der Waals surface area contributed by atoms with Gasteiger partial charge in [-0.25, -0.2) is 4.68 Å². The Morgan fingerprint density at radius 1 is 1.03 bits per heavy atom. The molecule has 7 nitrogen and oxygen atoms in total. The van der Waals surface area contributed by atoms with Crippen molar-refractivity contribution >= 4 is 29.9 Å². The summed E-state index contributed by atoms with van der Waals surface area (Å²) in [5, 5.41) is 11.4. The molecule has 2 N–H and O–H groups in total. The zero-order valence-electron chi connectivity index (χ0n) is 17.3. The van der Waals surface area contributed by atoms with Crippen LogP contribution < -0.4 is 20.1 Å². The maximum Gasteiger partial charge on any atom is 0.231 e. The van der Waals surface area contributed by atoms with E-state index in [1.807, 2.05) is 48.0 Å². The standard InChI is InChI=1S/C22H25N5O2.HI/c1-15-19(16(2)27(26-15)18-7-5-4-6-8-18)13-25-22(23-3)24-12-17-9-10-20-21(11-17)29-14-28-20;/h4-11H,12-14H2,1-3H3,(H2,23,24,25);1H. The van der Waals surface area contributed by atoms with Crippen LogP contribution in [0.5, 0.6) is 11.5 Å². The van der Waals surface area contributed by atoms with Crippen LogP contribution in [0.25, 0.3) is 5.69 Å². The number of aliphatic imine (C=N–C) groups is 1. The fraction of sp³-hybridized carbons (Fsp3) is 0.273. The van der Waals surface area contributed by atoms with Gasteiger partial charge in [0, 0.05) is 31.4 Å². The summed E-state index contributed by atoms with van der Waals surface area (Å²) >= 11 is 0. The van der Waals surface area contributed by atoms with Crippen molar-refractivity contribution in [2.75, 3.05) is 13.8 Å². The van der Waals surface area contributed by atoms with Crippen LogP contribution in [0.1, 0.15) is 22.5 Å². The third-order valence-corrected chi connectivity index (χ3v) is 5.00. The van der Waals surface area contributed by atoms with E-state index in [0.29, 0.717) is 13.1 Å². The summed E-state index contributed by atoms with van der Waals surface area (Å²) in [6, 6.07) is 16.1. The minimum Gasteiger partial charge on any atom is -0.454 e. The summed E-state index contributed by atoms with van der Waals surface area (Å²) in [6.45, 7) is 5.69. The van der Waals surface area contributed by atoms with Gasteiger partial charge in [0.15, 0.2) is 17.5 Å². The predicted molar refractivity (Wildman–Crippen MR) is 128 cm³/mol. The molecule has 3 aromatic rings. The molecule has 1 aliphatic rings. The first-order chi connectivity index (χ1) is 14.2. The van der Waals surface area contributed by atoms with Crippen molar-refractivity contribution in [3.05, 3.63) is 71.0 Å². The molecule has 0 radical (unpaired) electrons. The Balaban J connectivity index is 0.00000256. The van der Waals surface area contributed by atoms with E-state index in [9.17, 15) is 0 Å². The van der Waals surface area contributed by atoms with Gasteiger partial charge < -0.3 is 20.1 Å². The number of fused-ring (bicyclic) bond motifs is 1. The van der Waals surface area contributed by atoms with E-state index in [1.54, 1.807) is 7.05 Å². The third-order valence-electron chi connectivity index (χ3n) is 5.00. The van der Waals surface area contributed by atoms with Gasteiger partial charge in [-0.1, -0.05) is 24.3 Å². The van der Waals surface area contributed by atoms with Crippen molar-refractivity contribution < 1.29 is 9.47 Å². The fourth-order valence-electron chi connectivity index (χ4n) is 3.38. The van der Waals surface area contributed by atoms with Crippen molar-refractivity contribution in [2.45, 2.75) is 26.9 Å². The molecule has 8 heteroatoms. The Labute approximate surface area is 193 Å². The quantitative estimate of drug-likeness (QED) is 0.306. The van der Waals surface area contributed by atoms with Crippen molar-refractivity contribution in [3.8, 4) is 17.2 Å². The molecule has 0 spiro atoms. The summed E-state index contributed by atoms with van der Waals surface area (Å²) in [4.78, 5) is 4.33. The molecule has 0 saturated heterocycles. The molecule has 2 aromatic carbocycles. The first kappa shape index (κ1) is 21.9. The van der Waals surface area contributed by atoms with Crippen molar-refractivity contribution in [1.82, 2.24) is 20.4 Å². The van der Waals surface area contributed by atoms with Gasteiger partial charge in [-0.3, -0.25) is 4.99 Å². The number of hydrogen-bond donors (Lipinski definition) is 2. The molecule has 0 saturated carbocycles. The van der Waals surface area contributed by atoms with Crippen molar-refractivity contribution in [3.63, 3.8) is 0 Å². The lowest BCUT2D eigenvalue weighted by atomic mass is 10.2. The minimum atomic E-state index is 0. The maximum absolute atomic E-state index is 5.44. The molecule has 0 unspecified atom stereocenters. The number of nitrogens with zero attached hydrogens (tertiary/aromatic N) is 3. The van der Waals surface area contributed by atoms with Gasteiger partial charge in [-0.15, -0.1) is 24.0 Å². The second kappa shape index (κ2) is 9.84. The van der Waals surface area contributed by atoms with E-state index in [0.717, 1.165) is 40.1 Å². The number of halogens is 1. The second-order valence-corrected chi connectivity index (χ2v) is 6.86. The molecule has 2 heterocycles. The van der Waals surface area contributed by atoms with Crippen LogP contribution in [0, 0.1) is 13.8 Å². The molecule has 1 aliphatic heterocycles. The molecule has 0 amide bonds. The van der Waals surface area contributed by atoms with Crippen LogP contribution in [-0.4, -0.2) is 29.6 Å². The van der Waals surface area contributed by atoms with Crippen LogP contribution in [0.4, 0.5) is 0 Å². The Bertz CT molecular complexity index is 1030. The number of para-hydroxylation sites is 1. The minimum absolute atomic E-state index is 0. The van der Waals surface area contributed by atoms with Gasteiger partial charge in [-0.2, -0.15) is 5.10 Å². The van der Waals surface area contributed by atoms with Crippen LogP contribution in [0.3, 0.4) is 0 Å². The predicted octanol–water partition coefficient (Wildman–Crippen LogP) is 3.70. The number of nitrogens with one attached hydrogen (secondary N) is 2. The fourth-order valence-corrected chi connectivity index (χ4v) is 3.38. The molecule has 4 rings (SSSR count). The van der Waals surface area contributed by atoms with Crippen LogP contribution in [-0.2, 0) is 13.1 Å². The summed E-state index contributed by atoms with van der Waals surface area (Å²) < 4.78 is 12.8. The summed E-state index contributed by atoms with van der Waals surface area (Å²) in [7, 11) is 1.77. The van der Waals surface area contributed by atoms with Gasteiger partial charge in [0.25, 0.3) is 0 Å². The third kappa shape index (κ3) is 4.69. The van der Waals surface area contributed by atoms with Gasteiger partial charge in [-0.05, 0) is 43.7 Å². The van der Waals surface area contributed by atoms with E-state index in [-0.39, 0.29) is 30.8 Å². The molecule has 0 atom stereocenters. The van der Waals surface area contributed by atoms with E-state index < -0.39 is 0 Å². The summed E-state index contributed by atoms with van der Waals surface area (Å²) in [6.07, 6.45) is 0. The van der Waals surface area contributed by atoms with E-state index in [2.05, 4.69) is 34.7 Å². The molecule has 158 valence electrons. The van der Waals surface area contributed by atoms with Crippen molar-refractivity contribution in [2.24, 2.45) is 4.99 Å². The molecular weight excluding hydrogens is 493 g/mol. The van der Waals surface area contributed by atoms with Gasteiger partial charge in [0.2, 0.25) is 6.79 Å². The van der Waals surface area contributed by atoms with Crippen LogP contribution >= 0.6 is 24.0 Å². The number of aromatic nitrogens is 2. The van der Waals surface area contributed by atoms with E-state index in [1.165, 1.54) is 5.56 Å². The topological polar surface area (TPSA) is 72.7 Å². The molecule has 1 aromatic heterocycles. The Kier molecular flexibility index (Phi) is 7.20. The zero-order chi connectivity index (χ0) is 20.2. The van der Waals surface area contributed by atoms with Crippen molar-refractivity contribution in [1.29, 1.82) is 0 Å². The average Bonchev–Trinajstić information content (AvgIpc) is 3.33. The average molecular weight is 519 g/mol. The smallest absolute Gasteiger partial charge is 0.231 e. The Morgan fingerprint density at radius 3 is 2.53 bits per heavy atom. The van der Waals surface area contributed by atoms with Crippen LogP contribution in [0.2, 0.25) is 0 Å². The van der Waals surface area contributed by atoms with Gasteiger partial charge >= 0.3 is 0 Å².